The summed E-state index contributed by atoms with van der Waals surface area (Å²) >= 11 is 0. The largest absolute Gasteiger partial charge is 0.361 e. The Balaban J connectivity index is 2.51. The van der Waals surface area contributed by atoms with E-state index in [9.17, 15) is 10.1 Å². The van der Waals surface area contributed by atoms with E-state index in [1.165, 1.54) is 6.08 Å². The molecule has 14 heavy (non-hydrogen) atoms. The van der Waals surface area contributed by atoms with E-state index in [-0.39, 0.29) is 0 Å². The summed E-state index contributed by atoms with van der Waals surface area (Å²) in [7, 11) is 0. The first-order chi connectivity index (χ1) is 6.77. The smallest absolute Gasteiger partial charge is 0.235 e. The summed E-state index contributed by atoms with van der Waals surface area (Å²) in [5.74, 6) is 0. The molecular weight excluding hydrogens is 180 g/mol. The van der Waals surface area contributed by atoms with E-state index in [0.29, 0.717) is 0 Å². The maximum absolute atomic E-state index is 10.2. The van der Waals surface area contributed by atoms with Gasteiger partial charge in [-0.15, -0.1) is 0 Å². The molecule has 70 valence electrons. The maximum atomic E-state index is 10.2. The topological polar surface area (TPSA) is 58.9 Å². The Bertz CT molecular complexity index is 500. The second-order valence-corrected chi connectivity index (χ2v) is 2.89. The van der Waals surface area contributed by atoms with Crippen LogP contribution in [0.3, 0.4) is 0 Å². The van der Waals surface area contributed by atoms with Crippen LogP contribution in [0.15, 0.2) is 36.7 Å². The molecule has 2 aromatic rings. The van der Waals surface area contributed by atoms with Gasteiger partial charge in [0.05, 0.1) is 4.92 Å². The number of fused-ring (bicyclic) bond motifs is 1. The lowest BCUT2D eigenvalue weighted by atomic mass is 10.1. The molecule has 0 unspecified atom stereocenters. The SMILES string of the molecule is O=[N+]([O-])/C=C/c1cccc2[nH]ccc12. The van der Waals surface area contributed by atoms with E-state index in [4.69, 9.17) is 0 Å². The quantitative estimate of drug-likeness (QED) is 0.581. The van der Waals surface area contributed by atoms with Crippen molar-refractivity contribution >= 4 is 17.0 Å². The summed E-state index contributed by atoms with van der Waals surface area (Å²) in [5, 5.41) is 11.1. The summed E-state index contributed by atoms with van der Waals surface area (Å²) in [6.45, 7) is 0. The predicted molar refractivity (Wildman–Crippen MR) is 54.3 cm³/mol. The average Bonchev–Trinajstić information content (AvgIpc) is 2.62. The molecule has 4 heteroatoms. The van der Waals surface area contributed by atoms with Crippen LogP contribution in [-0.4, -0.2) is 9.91 Å². The second-order valence-electron chi connectivity index (χ2n) is 2.89. The zero-order valence-electron chi connectivity index (χ0n) is 7.31. The van der Waals surface area contributed by atoms with Crippen LogP contribution < -0.4 is 0 Å². The Hall–Kier alpha value is -2.10. The van der Waals surface area contributed by atoms with E-state index >= 15 is 0 Å². The standard InChI is InChI=1S/C10H8N2O2/c13-12(14)7-5-8-2-1-3-10-9(8)4-6-11-10/h1-7,11H/b7-5+. The molecule has 0 spiro atoms. The number of benzene rings is 1. The Labute approximate surface area is 80.0 Å². The molecule has 2 rings (SSSR count). The average molecular weight is 188 g/mol. The Morgan fingerprint density at radius 1 is 1.36 bits per heavy atom. The van der Waals surface area contributed by atoms with Gasteiger partial charge in [-0.25, -0.2) is 0 Å². The van der Waals surface area contributed by atoms with Crippen LogP contribution >= 0.6 is 0 Å². The van der Waals surface area contributed by atoms with Gasteiger partial charge in [0, 0.05) is 23.2 Å². The summed E-state index contributed by atoms with van der Waals surface area (Å²) in [6, 6.07) is 7.53. The normalized spacial score (nSPS) is 11.1. The molecule has 1 aromatic heterocycles. The van der Waals surface area contributed by atoms with Crippen LogP contribution in [0.4, 0.5) is 0 Å². The first-order valence-corrected chi connectivity index (χ1v) is 4.15. The van der Waals surface area contributed by atoms with Crippen molar-refractivity contribution in [2.24, 2.45) is 0 Å². The van der Waals surface area contributed by atoms with Crippen molar-refractivity contribution in [3.05, 3.63) is 52.3 Å². The number of hydrogen-bond acceptors (Lipinski definition) is 2. The molecule has 0 saturated carbocycles. The highest BCUT2D eigenvalue weighted by Crippen LogP contribution is 2.18. The second kappa shape index (κ2) is 3.33. The van der Waals surface area contributed by atoms with Gasteiger partial charge in [0.1, 0.15) is 0 Å². The van der Waals surface area contributed by atoms with E-state index in [2.05, 4.69) is 4.98 Å². The Morgan fingerprint density at radius 3 is 3.00 bits per heavy atom. The summed E-state index contributed by atoms with van der Waals surface area (Å²) in [6.07, 6.45) is 4.26. The van der Waals surface area contributed by atoms with Gasteiger partial charge in [-0.3, -0.25) is 10.1 Å². The first-order valence-electron chi connectivity index (χ1n) is 4.15. The summed E-state index contributed by atoms with van der Waals surface area (Å²) in [5.41, 5.74) is 1.83. The van der Waals surface area contributed by atoms with E-state index in [1.54, 1.807) is 0 Å². The van der Waals surface area contributed by atoms with Crippen LogP contribution in [0, 0.1) is 10.1 Å². The van der Waals surface area contributed by atoms with Gasteiger partial charge in [0.25, 0.3) is 0 Å². The van der Waals surface area contributed by atoms with Crippen molar-refractivity contribution in [1.82, 2.24) is 4.98 Å². The molecule has 0 aliphatic heterocycles. The molecule has 0 radical (unpaired) electrons. The molecule has 0 saturated heterocycles. The molecule has 0 aliphatic rings. The Kier molecular flexibility index (Phi) is 2.02. The number of nitrogens with one attached hydrogen (secondary N) is 1. The number of nitro groups is 1. The number of nitrogens with zero attached hydrogens (tertiary/aromatic N) is 1. The fourth-order valence-electron chi connectivity index (χ4n) is 1.40. The molecule has 0 atom stereocenters. The third-order valence-corrected chi connectivity index (χ3v) is 2.00. The van der Waals surface area contributed by atoms with Gasteiger partial charge in [-0.05, 0) is 17.7 Å². The molecule has 1 aromatic carbocycles. The third-order valence-electron chi connectivity index (χ3n) is 2.00. The van der Waals surface area contributed by atoms with Gasteiger partial charge < -0.3 is 4.98 Å². The highest BCUT2D eigenvalue weighted by molar-refractivity contribution is 5.88. The zero-order valence-corrected chi connectivity index (χ0v) is 7.31. The van der Waals surface area contributed by atoms with Crippen LogP contribution in [0.25, 0.3) is 17.0 Å². The monoisotopic (exact) mass is 188 g/mol. The van der Waals surface area contributed by atoms with Gasteiger partial charge in [0.15, 0.2) is 0 Å². The maximum Gasteiger partial charge on any atom is 0.235 e. The van der Waals surface area contributed by atoms with Crippen molar-refractivity contribution < 1.29 is 4.92 Å². The van der Waals surface area contributed by atoms with Crippen LogP contribution in [-0.2, 0) is 0 Å². The molecular formula is C10H8N2O2. The van der Waals surface area contributed by atoms with Crippen LogP contribution in [0.2, 0.25) is 0 Å². The lowest BCUT2D eigenvalue weighted by molar-refractivity contribution is -0.400. The zero-order chi connectivity index (χ0) is 9.97. The van der Waals surface area contributed by atoms with Gasteiger partial charge in [-0.2, -0.15) is 0 Å². The number of rotatable bonds is 2. The minimum Gasteiger partial charge on any atom is -0.361 e. The fraction of sp³-hybridized carbons (Fsp3) is 0. The highest BCUT2D eigenvalue weighted by Gasteiger charge is 1.98. The molecule has 1 heterocycles. The molecule has 1 N–H and O–H groups in total. The molecule has 0 fully saturated rings. The lowest BCUT2D eigenvalue weighted by Crippen LogP contribution is -1.82. The summed E-state index contributed by atoms with van der Waals surface area (Å²) in [4.78, 5) is 12.7. The molecule has 0 amide bonds. The van der Waals surface area contributed by atoms with Gasteiger partial charge in [0.2, 0.25) is 6.20 Å². The van der Waals surface area contributed by atoms with Crippen molar-refractivity contribution in [2.75, 3.05) is 0 Å². The van der Waals surface area contributed by atoms with Crippen LogP contribution in [0.1, 0.15) is 5.56 Å². The number of H-pyrrole nitrogens is 1. The summed E-state index contributed by atoms with van der Waals surface area (Å²) < 4.78 is 0. The van der Waals surface area contributed by atoms with Gasteiger partial charge >= 0.3 is 0 Å². The van der Waals surface area contributed by atoms with Crippen molar-refractivity contribution in [3.8, 4) is 0 Å². The number of aromatic amines is 1. The van der Waals surface area contributed by atoms with Crippen LogP contribution in [0.5, 0.6) is 0 Å². The van der Waals surface area contributed by atoms with Crippen molar-refractivity contribution in [1.29, 1.82) is 0 Å². The predicted octanol–water partition coefficient (Wildman–Crippen LogP) is 2.42. The minimum atomic E-state index is -0.467. The van der Waals surface area contributed by atoms with Crippen molar-refractivity contribution in [2.45, 2.75) is 0 Å². The minimum absolute atomic E-state index is 0.467. The molecule has 0 aliphatic carbocycles. The lowest BCUT2D eigenvalue weighted by Gasteiger charge is -1.93. The van der Waals surface area contributed by atoms with E-state index < -0.39 is 4.92 Å². The molecule has 4 nitrogen and oxygen atoms in total. The third kappa shape index (κ3) is 1.50. The molecule has 0 bridgehead atoms. The van der Waals surface area contributed by atoms with Gasteiger partial charge in [-0.1, -0.05) is 12.1 Å². The first kappa shape index (κ1) is 8.50. The fourth-order valence-corrected chi connectivity index (χ4v) is 1.40. The Morgan fingerprint density at radius 2 is 2.21 bits per heavy atom. The highest BCUT2D eigenvalue weighted by atomic mass is 16.6. The van der Waals surface area contributed by atoms with E-state index in [1.807, 2.05) is 30.5 Å². The van der Waals surface area contributed by atoms with E-state index in [0.717, 1.165) is 22.7 Å². The van der Waals surface area contributed by atoms with Crippen molar-refractivity contribution in [3.63, 3.8) is 0 Å². The number of hydrogen-bond donors (Lipinski definition) is 1. The number of aromatic nitrogens is 1.